The molecule has 28 heteroatoms. The van der Waals surface area contributed by atoms with Crippen molar-refractivity contribution in [1.82, 2.24) is 42.1 Å². The molecule has 2 aromatic carbocycles. The van der Waals surface area contributed by atoms with Gasteiger partial charge in [-0.05, 0) is 23.3 Å². The molecular weight excluding hydrogens is 927 g/mol. The van der Waals surface area contributed by atoms with Crippen molar-refractivity contribution in [2.24, 2.45) is 21.5 Å². The number of phenols is 1. The lowest BCUT2D eigenvalue weighted by Crippen LogP contribution is -2.70. The zero-order valence-corrected chi connectivity index (χ0v) is 37.5. The van der Waals surface area contributed by atoms with Crippen molar-refractivity contribution in [3.05, 3.63) is 59.7 Å². The predicted molar refractivity (Wildman–Crippen MR) is 242 cm³/mol. The summed E-state index contributed by atoms with van der Waals surface area (Å²) in [4.78, 5) is 94.3. The highest BCUT2D eigenvalue weighted by Gasteiger charge is 2.52. The molecule has 0 radical (unpaired) electrons. The Hall–Kier alpha value is -6.92. The number of hydrogen-bond acceptors (Lipinski definition) is 22. The van der Waals surface area contributed by atoms with Crippen LogP contribution >= 0.6 is 0 Å². The zero-order valence-electron chi connectivity index (χ0n) is 37.5. The summed E-state index contributed by atoms with van der Waals surface area (Å²) in [6.07, 6.45) is -13.6. The molecule has 0 saturated carbocycles. The largest absolute Gasteiger partial charge is 0.506 e. The number of aromatic hydroxyl groups is 1. The van der Waals surface area contributed by atoms with Gasteiger partial charge in [-0.1, -0.05) is 43.3 Å². The molecule has 382 valence electrons. The summed E-state index contributed by atoms with van der Waals surface area (Å²) < 4.78 is 5.66. The number of hydrogen-bond donors (Lipinski definition) is 18. The average Bonchev–Trinajstić information content (AvgIpc) is 3.96. The van der Waals surface area contributed by atoms with Crippen LogP contribution in [0.15, 0.2) is 58.5 Å². The van der Waals surface area contributed by atoms with Crippen LogP contribution in [0.25, 0.3) is 0 Å². The maximum atomic E-state index is 14.7. The maximum absolute atomic E-state index is 14.7. The highest BCUT2D eigenvalue weighted by molar-refractivity contribution is 5.98. The minimum atomic E-state index is -2.27. The molecule has 0 aliphatic carbocycles. The first kappa shape index (κ1) is 52.5. The Morgan fingerprint density at radius 1 is 0.714 bits per heavy atom. The van der Waals surface area contributed by atoms with E-state index < -0.39 is 159 Å². The molecule has 0 aromatic heterocycles. The number of aliphatic hydroxyl groups is 7. The number of guanidine groups is 2. The second kappa shape index (κ2) is 22.7. The van der Waals surface area contributed by atoms with Crippen molar-refractivity contribution in [2.45, 2.75) is 104 Å². The molecule has 6 amide bonds. The molecule has 4 heterocycles. The van der Waals surface area contributed by atoms with Gasteiger partial charge in [0.1, 0.15) is 72.6 Å². The second-order valence-electron chi connectivity index (χ2n) is 17.2. The first-order valence-electron chi connectivity index (χ1n) is 22.1. The lowest BCUT2D eigenvalue weighted by atomic mass is 9.92. The normalized spacial score (nSPS) is 32.0. The predicted octanol–water partition coefficient (Wildman–Crippen LogP) is -9.33. The maximum Gasteiger partial charge on any atom is 0.246 e. The second-order valence-corrected chi connectivity index (χ2v) is 17.2. The van der Waals surface area contributed by atoms with Gasteiger partial charge in [-0.2, -0.15) is 0 Å². The SMILES string of the molecule is CC(c1ccccc1)[C@@H]1NC(=O)CNC(=O)[C@H](CO)NC(=O)[C@@H](C(O)C2CN=C(N)N2[C@H]2O[C@H](CO)[C@@H](O)[C@H](O)[C@@H]2O)NC(=O)[C@H](C(O)C2CN=C(N)N2)NC(=O)[C@@H](Cc2ccc(O)c(N)c2)NC1=O. The Morgan fingerprint density at radius 3 is 2.00 bits per heavy atom. The van der Waals surface area contributed by atoms with Crippen LogP contribution in [-0.2, 0) is 39.9 Å². The quantitative estimate of drug-likeness (QED) is 0.0734. The first-order chi connectivity index (χ1) is 33.2. The van der Waals surface area contributed by atoms with E-state index in [4.69, 9.17) is 21.9 Å². The number of anilines is 1. The molecule has 2 aromatic rings. The lowest BCUT2D eigenvalue weighted by Gasteiger charge is -2.46. The smallest absolute Gasteiger partial charge is 0.246 e. The number of carbonyl (C=O) groups excluding carboxylic acids is 6. The van der Waals surface area contributed by atoms with Crippen LogP contribution in [0.4, 0.5) is 5.69 Å². The number of phenolic OH excluding ortho intramolecular Hbond substituents is 1. The van der Waals surface area contributed by atoms with Crippen LogP contribution in [0.5, 0.6) is 5.75 Å². The van der Waals surface area contributed by atoms with Crippen LogP contribution < -0.4 is 54.4 Å². The van der Waals surface area contributed by atoms with Crippen molar-refractivity contribution in [1.29, 1.82) is 0 Å². The number of nitrogen functional groups attached to an aromatic ring is 1. The number of nitrogens with one attached hydrogen (secondary N) is 7. The van der Waals surface area contributed by atoms with Crippen LogP contribution in [-0.4, -0.2) is 211 Å². The summed E-state index contributed by atoms with van der Waals surface area (Å²) in [7, 11) is 0. The van der Waals surface area contributed by atoms with Gasteiger partial charge >= 0.3 is 0 Å². The molecule has 6 rings (SSSR count). The van der Waals surface area contributed by atoms with E-state index in [1.165, 1.54) is 18.2 Å². The number of carbonyl (C=O) groups is 6. The van der Waals surface area contributed by atoms with E-state index in [1.807, 2.05) is 0 Å². The monoisotopic (exact) mass is 985 g/mol. The summed E-state index contributed by atoms with van der Waals surface area (Å²) in [6.45, 7) is -1.95. The summed E-state index contributed by atoms with van der Waals surface area (Å²) in [6, 6.07) is 0.223. The Bertz CT molecular complexity index is 2310. The number of aliphatic hydroxyl groups excluding tert-OH is 7. The Labute approximate surface area is 398 Å². The number of benzene rings is 2. The third kappa shape index (κ3) is 11.7. The van der Waals surface area contributed by atoms with Crippen molar-refractivity contribution in [3.8, 4) is 5.75 Å². The lowest BCUT2D eigenvalue weighted by molar-refractivity contribution is -0.260. The van der Waals surface area contributed by atoms with Crippen LogP contribution in [0.1, 0.15) is 24.0 Å². The molecular formula is C42H59N13O15. The third-order valence-corrected chi connectivity index (χ3v) is 12.5. The molecule has 0 spiro atoms. The number of ether oxygens (including phenoxy) is 1. The Kier molecular flexibility index (Phi) is 17.0. The number of nitrogens with zero attached hydrogens (tertiary/aromatic N) is 3. The van der Waals surface area contributed by atoms with Gasteiger partial charge in [0, 0.05) is 12.3 Å². The van der Waals surface area contributed by atoms with Gasteiger partial charge in [0.2, 0.25) is 35.4 Å². The molecule has 2 saturated heterocycles. The van der Waals surface area contributed by atoms with E-state index in [2.05, 4.69) is 47.2 Å². The van der Waals surface area contributed by atoms with Gasteiger partial charge in [0.15, 0.2) is 18.1 Å². The van der Waals surface area contributed by atoms with Crippen molar-refractivity contribution < 1.29 is 74.4 Å². The van der Waals surface area contributed by atoms with Gasteiger partial charge in [-0.3, -0.25) is 38.8 Å². The standard InChI is InChI=1S/C42H59N13O15/c1-16(18-5-3-2-4-6-18)27-37(67)49-20(10-17-7-8-24(58)19(43)9-17)36(66)53-28(30(60)21-11-47-41(44)51-21)39(69)54-29(38(68)50-22(14-56)35(65)46-13-26(59)52-27)31(61)23-12-48-42(45)55(23)40-34(64)33(63)32(62)25(15-57)70-40/h2-9,16,20-23,25,27-34,40,56-58,60-64H,10-15,43H2,1H3,(H2,45,48)(H,46,65)(H,49,67)(H,50,68)(H,52,59)(H,53,66)(H,54,69)(H3,44,47,51)/t16?,20-,21?,22+,23?,25-,27+,28+,29-,30?,31?,32-,33+,34+,40+/m1/s1. The molecule has 2 fully saturated rings. The Balaban J connectivity index is 1.42. The number of aliphatic imine (C=N–C) groups is 2. The number of amides is 6. The molecule has 0 bridgehead atoms. The summed E-state index contributed by atoms with van der Waals surface area (Å²) >= 11 is 0. The van der Waals surface area contributed by atoms with Crippen LogP contribution in [0.2, 0.25) is 0 Å². The van der Waals surface area contributed by atoms with E-state index in [1.54, 1.807) is 37.3 Å². The summed E-state index contributed by atoms with van der Waals surface area (Å²) in [5.74, 6) is -8.63. The van der Waals surface area contributed by atoms with Crippen molar-refractivity contribution in [2.75, 3.05) is 38.6 Å². The molecule has 4 aliphatic heterocycles. The molecule has 4 aliphatic rings. The minimum Gasteiger partial charge on any atom is -0.506 e. The molecule has 21 N–H and O–H groups in total. The fourth-order valence-electron chi connectivity index (χ4n) is 8.44. The first-order valence-corrected chi connectivity index (χ1v) is 22.1. The van der Waals surface area contributed by atoms with E-state index in [-0.39, 0.29) is 35.9 Å². The van der Waals surface area contributed by atoms with Gasteiger partial charge in [0.05, 0.1) is 50.6 Å². The number of rotatable bonds is 11. The molecule has 70 heavy (non-hydrogen) atoms. The average molecular weight is 986 g/mol. The molecule has 28 nitrogen and oxygen atoms in total. The highest BCUT2D eigenvalue weighted by Crippen LogP contribution is 2.29. The summed E-state index contributed by atoms with van der Waals surface area (Å²) in [5.41, 5.74) is 18.7. The van der Waals surface area contributed by atoms with Crippen LogP contribution in [0.3, 0.4) is 0 Å². The number of nitrogens with two attached hydrogens (primary N) is 3. The highest BCUT2D eigenvalue weighted by atomic mass is 16.6. The van der Waals surface area contributed by atoms with E-state index in [0.717, 1.165) is 4.90 Å². The third-order valence-electron chi connectivity index (χ3n) is 12.5. The topological polar surface area (TPSA) is 464 Å². The molecule has 5 unspecified atom stereocenters. The van der Waals surface area contributed by atoms with Gasteiger partial charge in [-0.25, -0.2) is 0 Å². The van der Waals surface area contributed by atoms with E-state index in [9.17, 15) is 69.6 Å². The van der Waals surface area contributed by atoms with E-state index >= 15 is 0 Å². The summed E-state index contributed by atoms with van der Waals surface area (Å²) in [5, 5.41) is 103. The van der Waals surface area contributed by atoms with Crippen LogP contribution in [0, 0.1) is 0 Å². The van der Waals surface area contributed by atoms with E-state index in [0.29, 0.717) is 5.56 Å². The fraction of sp³-hybridized carbons (Fsp3) is 0.524. The van der Waals surface area contributed by atoms with Crippen molar-refractivity contribution >= 4 is 53.0 Å². The molecule has 15 atom stereocenters. The Morgan fingerprint density at radius 2 is 1.36 bits per heavy atom. The van der Waals surface area contributed by atoms with Gasteiger partial charge < -0.3 is 105 Å². The van der Waals surface area contributed by atoms with Gasteiger partial charge in [0.25, 0.3) is 0 Å². The zero-order chi connectivity index (χ0) is 51.1. The van der Waals surface area contributed by atoms with Crippen molar-refractivity contribution in [3.63, 3.8) is 0 Å². The van der Waals surface area contributed by atoms with Gasteiger partial charge in [-0.15, -0.1) is 0 Å². The fourth-order valence-corrected chi connectivity index (χ4v) is 8.44. The minimum absolute atomic E-state index is 0.0993.